The number of nitrogens with zero attached hydrogens (tertiary/aromatic N) is 1. The molecule has 37 heavy (non-hydrogen) atoms. The molecule has 1 saturated heterocycles. The van der Waals surface area contributed by atoms with Gasteiger partial charge in [0.15, 0.2) is 6.29 Å². The third-order valence-corrected chi connectivity index (χ3v) is 6.61. The van der Waals surface area contributed by atoms with Crippen molar-refractivity contribution in [2.45, 2.75) is 81.3 Å². The Morgan fingerprint density at radius 2 is 1.81 bits per heavy atom. The molecule has 1 aliphatic heterocycles. The molecule has 0 spiro atoms. The number of ether oxygens (including phenoxy) is 2. The molecule has 15 heteroatoms. The van der Waals surface area contributed by atoms with E-state index in [1.165, 1.54) is 0 Å². The van der Waals surface area contributed by atoms with Gasteiger partial charge in [-0.1, -0.05) is 5.16 Å². The minimum atomic E-state index is -1.87. The molecule has 0 aromatic heterocycles. The van der Waals surface area contributed by atoms with Gasteiger partial charge in [-0.3, -0.25) is 0 Å². The minimum Gasteiger partial charge on any atom is -0.395 e. The average Bonchev–Trinajstić information content (AvgIpc) is 2.88. The first-order valence-electron chi connectivity index (χ1n) is 12.2. The van der Waals surface area contributed by atoms with Crippen molar-refractivity contribution < 1.29 is 60.0 Å². The zero-order chi connectivity index (χ0) is 27.8. The lowest BCUT2D eigenvalue weighted by Gasteiger charge is -2.42. The Morgan fingerprint density at radius 1 is 1.08 bits per heavy atom. The van der Waals surface area contributed by atoms with Crippen LogP contribution in [0.1, 0.15) is 26.2 Å². The summed E-state index contributed by atoms with van der Waals surface area (Å²) in [5.41, 5.74) is 0. The molecule has 0 amide bonds. The number of unbranched alkanes of at least 4 members (excludes halogenated alkanes) is 1. The van der Waals surface area contributed by atoms with Gasteiger partial charge in [0.05, 0.1) is 19.4 Å². The van der Waals surface area contributed by atoms with Gasteiger partial charge in [-0.25, -0.2) is 0 Å². The topological polar surface area (TPSA) is 231 Å². The van der Waals surface area contributed by atoms with Crippen LogP contribution >= 0.6 is 11.8 Å². The van der Waals surface area contributed by atoms with Crippen LogP contribution in [0.3, 0.4) is 0 Å². The van der Waals surface area contributed by atoms with E-state index in [0.29, 0.717) is 13.0 Å². The molecule has 14 nitrogen and oxygen atoms in total. The molecule has 0 aromatic carbocycles. The van der Waals surface area contributed by atoms with Crippen LogP contribution in [-0.4, -0.2) is 152 Å². The van der Waals surface area contributed by atoms with Gasteiger partial charge in [-0.05, 0) is 25.5 Å². The zero-order valence-corrected chi connectivity index (χ0v) is 21.7. The molecule has 1 fully saturated rings. The van der Waals surface area contributed by atoms with Crippen LogP contribution in [0, 0.1) is 0 Å². The number of thioether (sulfide) groups is 1. The van der Waals surface area contributed by atoms with E-state index in [4.69, 9.17) is 14.3 Å². The Labute approximate surface area is 220 Å². The van der Waals surface area contributed by atoms with Gasteiger partial charge in [-0.2, -0.15) is 11.8 Å². The summed E-state index contributed by atoms with van der Waals surface area (Å²) < 4.78 is 10.5. The summed E-state index contributed by atoms with van der Waals surface area (Å²) in [6, 6.07) is 0. The van der Waals surface area contributed by atoms with E-state index >= 15 is 0 Å². The molecule has 0 bridgehead atoms. The Bertz CT molecular complexity index is 647. The number of oxime groups is 1. The highest BCUT2D eigenvalue weighted by atomic mass is 32.2. The Hall–Kier alpha value is -0.950. The maximum atomic E-state index is 10.9. The number of carbonyl (C=O) groups is 1. The Morgan fingerprint density at radius 3 is 2.46 bits per heavy atom. The molecule has 9 atom stereocenters. The molecule has 9 N–H and O–H groups in total. The SMILES string of the molecule is CC(=O)CCCCSCCNCCO/N=C/C(O)[C@@H](O)[C@H](O[C@@H]1OC(CO)[C@H](O)[C@H](O)C1O)C(O)CO. The van der Waals surface area contributed by atoms with Gasteiger partial charge < -0.3 is 65.3 Å². The average molecular weight is 559 g/mol. The molecule has 218 valence electrons. The van der Waals surface area contributed by atoms with E-state index in [9.17, 15) is 45.6 Å². The van der Waals surface area contributed by atoms with Gasteiger partial charge in [0.25, 0.3) is 0 Å². The number of Topliss-reactive ketones (excluding diaryl/α,β-unsaturated/α-hetero) is 1. The summed E-state index contributed by atoms with van der Waals surface area (Å²) in [7, 11) is 0. The highest BCUT2D eigenvalue weighted by Gasteiger charge is 2.46. The van der Waals surface area contributed by atoms with E-state index in [2.05, 4.69) is 10.5 Å². The summed E-state index contributed by atoms with van der Waals surface area (Å²) in [5.74, 6) is 2.10. The van der Waals surface area contributed by atoms with Crippen molar-refractivity contribution in [1.29, 1.82) is 0 Å². The van der Waals surface area contributed by atoms with E-state index < -0.39 is 68.3 Å². The molecule has 1 heterocycles. The Kier molecular flexibility index (Phi) is 17.6. The fraction of sp³-hybridized carbons (Fsp3) is 0.909. The second kappa shape index (κ2) is 19.2. The van der Waals surface area contributed by atoms with Crippen molar-refractivity contribution in [1.82, 2.24) is 5.32 Å². The predicted molar refractivity (Wildman–Crippen MR) is 133 cm³/mol. The van der Waals surface area contributed by atoms with Crippen molar-refractivity contribution >= 4 is 23.8 Å². The molecular formula is C22H42N2O12S. The quantitative estimate of drug-likeness (QED) is 0.0398. The fourth-order valence-electron chi connectivity index (χ4n) is 3.35. The normalized spacial score (nSPS) is 27.6. The molecule has 1 aliphatic rings. The first-order chi connectivity index (χ1) is 17.6. The summed E-state index contributed by atoms with van der Waals surface area (Å²) in [4.78, 5) is 15.9. The highest BCUT2D eigenvalue weighted by molar-refractivity contribution is 7.99. The summed E-state index contributed by atoms with van der Waals surface area (Å²) >= 11 is 1.78. The largest absolute Gasteiger partial charge is 0.395 e. The van der Waals surface area contributed by atoms with Crippen LogP contribution in [0.25, 0.3) is 0 Å². The Balaban J connectivity index is 2.39. The third kappa shape index (κ3) is 12.6. The second-order valence-electron chi connectivity index (χ2n) is 8.64. The smallest absolute Gasteiger partial charge is 0.187 e. The first-order valence-corrected chi connectivity index (χ1v) is 13.3. The standard InChI is InChI=1S/C22H42N2O12S/c1-13(27)4-2-3-8-37-9-6-23-5-7-34-24-10-14(28)17(30)21(15(29)11-25)36-22-20(33)19(32)18(31)16(12-26)35-22/h10,14-23,25-26,28-33H,2-9,11-12H2,1H3/b24-10+/t14?,15?,16?,17-,18+,19+,20?,21-,22+/m1/s1. The number of carbonyl (C=O) groups excluding carboxylic acids is 1. The van der Waals surface area contributed by atoms with Gasteiger partial charge in [0.2, 0.25) is 0 Å². The lowest BCUT2D eigenvalue weighted by molar-refractivity contribution is -0.326. The van der Waals surface area contributed by atoms with Crippen molar-refractivity contribution in [2.75, 3.05) is 44.4 Å². The number of hydrogen-bond donors (Lipinski definition) is 9. The van der Waals surface area contributed by atoms with Gasteiger partial charge >= 0.3 is 0 Å². The molecule has 0 saturated carbocycles. The lowest BCUT2D eigenvalue weighted by Crippen LogP contribution is -2.61. The molecule has 0 aromatic rings. The molecule has 0 radical (unpaired) electrons. The van der Waals surface area contributed by atoms with Crippen LogP contribution in [0.2, 0.25) is 0 Å². The predicted octanol–water partition coefficient (Wildman–Crippen LogP) is -3.67. The van der Waals surface area contributed by atoms with Crippen molar-refractivity contribution in [3.63, 3.8) is 0 Å². The molecule has 1 rings (SSSR count). The number of aliphatic hydroxyl groups is 8. The molecule has 0 aliphatic carbocycles. The van der Waals surface area contributed by atoms with E-state index in [0.717, 1.165) is 37.1 Å². The van der Waals surface area contributed by atoms with Gasteiger partial charge in [-0.15, -0.1) is 0 Å². The fourth-order valence-corrected chi connectivity index (χ4v) is 4.25. The maximum Gasteiger partial charge on any atom is 0.187 e. The number of aliphatic hydroxyl groups excluding tert-OH is 8. The number of hydrogen-bond acceptors (Lipinski definition) is 15. The van der Waals surface area contributed by atoms with Crippen LogP contribution in [-0.2, 0) is 19.1 Å². The third-order valence-electron chi connectivity index (χ3n) is 5.54. The van der Waals surface area contributed by atoms with Crippen molar-refractivity contribution in [2.24, 2.45) is 5.16 Å². The summed E-state index contributed by atoms with van der Waals surface area (Å²) in [5, 5.41) is 85.7. The minimum absolute atomic E-state index is 0.173. The summed E-state index contributed by atoms with van der Waals surface area (Å²) in [6.07, 6.45) is -11.9. The van der Waals surface area contributed by atoms with Crippen LogP contribution in [0.15, 0.2) is 5.16 Å². The number of nitrogens with one attached hydrogen (secondary N) is 1. The first kappa shape index (κ1) is 34.1. The van der Waals surface area contributed by atoms with Crippen molar-refractivity contribution in [3.8, 4) is 0 Å². The van der Waals surface area contributed by atoms with Crippen LogP contribution < -0.4 is 5.32 Å². The van der Waals surface area contributed by atoms with Crippen LogP contribution in [0.4, 0.5) is 0 Å². The molecular weight excluding hydrogens is 516 g/mol. The van der Waals surface area contributed by atoms with E-state index in [1.807, 2.05) is 0 Å². The van der Waals surface area contributed by atoms with E-state index in [1.54, 1.807) is 18.7 Å². The summed E-state index contributed by atoms with van der Waals surface area (Å²) in [6.45, 7) is 1.39. The maximum absolute atomic E-state index is 10.9. The molecule has 4 unspecified atom stereocenters. The highest BCUT2D eigenvalue weighted by Crippen LogP contribution is 2.24. The second-order valence-corrected chi connectivity index (χ2v) is 9.86. The van der Waals surface area contributed by atoms with E-state index in [-0.39, 0.29) is 12.4 Å². The number of rotatable bonds is 20. The van der Waals surface area contributed by atoms with Crippen LogP contribution in [0.5, 0.6) is 0 Å². The lowest BCUT2D eigenvalue weighted by atomic mass is 9.98. The van der Waals surface area contributed by atoms with Gasteiger partial charge in [0.1, 0.15) is 61.2 Å². The zero-order valence-electron chi connectivity index (χ0n) is 20.9. The number of ketones is 1. The monoisotopic (exact) mass is 558 g/mol. The van der Waals surface area contributed by atoms with Gasteiger partial charge in [0, 0.05) is 25.3 Å². The van der Waals surface area contributed by atoms with Crippen molar-refractivity contribution in [3.05, 3.63) is 0 Å².